The van der Waals surface area contributed by atoms with Crippen molar-refractivity contribution in [3.8, 4) is 0 Å². The second-order valence-electron chi connectivity index (χ2n) is 1.80. The molecule has 52 valence electrons. The van der Waals surface area contributed by atoms with Crippen LogP contribution in [0, 0.1) is 0 Å². The molecule has 0 unspecified atom stereocenters. The SMILES string of the molecule is CCNC1=NCNCN1. The van der Waals surface area contributed by atoms with Crippen molar-refractivity contribution in [3.05, 3.63) is 0 Å². The first-order chi connectivity index (χ1) is 4.43. The fourth-order valence-electron chi connectivity index (χ4n) is 0.679. The van der Waals surface area contributed by atoms with Crippen molar-refractivity contribution in [3.63, 3.8) is 0 Å². The third-order valence-corrected chi connectivity index (χ3v) is 1.07. The molecule has 4 nitrogen and oxygen atoms in total. The van der Waals surface area contributed by atoms with Crippen LogP contribution in [0.3, 0.4) is 0 Å². The van der Waals surface area contributed by atoms with Crippen LogP contribution in [-0.4, -0.2) is 25.8 Å². The summed E-state index contributed by atoms with van der Waals surface area (Å²) in [6.45, 7) is 4.50. The molecule has 1 aliphatic heterocycles. The number of guanidine groups is 1. The van der Waals surface area contributed by atoms with Gasteiger partial charge in [-0.1, -0.05) is 0 Å². The number of hydrogen-bond acceptors (Lipinski definition) is 4. The third kappa shape index (κ3) is 1.89. The molecule has 1 heterocycles. The van der Waals surface area contributed by atoms with Gasteiger partial charge in [-0.3, -0.25) is 5.32 Å². The van der Waals surface area contributed by atoms with Crippen LogP contribution in [0.25, 0.3) is 0 Å². The Morgan fingerprint density at radius 3 is 3.22 bits per heavy atom. The van der Waals surface area contributed by atoms with Gasteiger partial charge in [-0.05, 0) is 6.92 Å². The van der Waals surface area contributed by atoms with Crippen LogP contribution >= 0.6 is 0 Å². The van der Waals surface area contributed by atoms with E-state index in [1.165, 1.54) is 0 Å². The summed E-state index contributed by atoms with van der Waals surface area (Å²) in [5.41, 5.74) is 0. The van der Waals surface area contributed by atoms with Crippen molar-refractivity contribution >= 4 is 5.96 Å². The first-order valence-corrected chi connectivity index (χ1v) is 3.16. The minimum atomic E-state index is 0.718. The van der Waals surface area contributed by atoms with Crippen molar-refractivity contribution in [1.29, 1.82) is 0 Å². The van der Waals surface area contributed by atoms with Gasteiger partial charge in [0.05, 0.1) is 13.3 Å². The lowest BCUT2D eigenvalue weighted by atomic mass is 10.7. The monoisotopic (exact) mass is 128 g/mol. The summed E-state index contributed by atoms with van der Waals surface area (Å²) in [6, 6.07) is 0. The Morgan fingerprint density at radius 1 is 1.78 bits per heavy atom. The lowest BCUT2D eigenvalue weighted by Crippen LogP contribution is -2.46. The highest BCUT2D eigenvalue weighted by Gasteiger charge is 1.98. The van der Waals surface area contributed by atoms with Crippen LogP contribution in [0.1, 0.15) is 6.92 Å². The normalized spacial score (nSPS) is 18.1. The van der Waals surface area contributed by atoms with E-state index in [-0.39, 0.29) is 0 Å². The maximum atomic E-state index is 4.10. The molecule has 0 spiro atoms. The Morgan fingerprint density at radius 2 is 2.67 bits per heavy atom. The number of nitrogens with zero attached hydrogens (tertiary/aromatic N) is 1. The molecule has 0 radical (unpaired) electrons. The zero-order valence-corrected chi connectivity index (χ0v) is 5.57. The van der Waals surface area contributed by atoms with Gasteiger partial charge in [-0.2, -0.15) is 0 Å². The molecular weight excluding hydrogens is 116 g/mol. The summed E-state index contributed by atoms with van der Waals surface area (Å²) < 4.78 is 0. The summed E-state index contributed by atoms with van der Waals surface area (Å²) in [4.78, 5) is 4.10. The van der Waals surface area contributed by atoms with Crippen molar-refractivity contribution in [1.82, 2.24) is 16.0 Å². The minimum absolute atomic E-state index is 0.718. The van der Waals surface area contributed by atoms with Gasteiger partial charge in [0, 0.05) is 6.54 Å². The zero-order valence-electron chi connectivity index (χ0n) is 5.57. The van der Waals surface area contributed by atoms with Crippen LogP contribution in [0.4, 0.5) is 0 Å². The molecule has 1 rings (SSSR count). The van der Waals surface area contributed by atoms with Gasteiger partial charge in [-0.15, -0.1) is 0 Å². The number of aliphatic imine (C=N–C) groups is 1. The first kappa shape index (κ1) is 6.35. The topological polar surface area (TPSA) is 48.5 Å². The van der Waals surface area contributed by atoms with Gasteiger partial charge < -0.3 is 10.6 Å². The van der Waals surface area contributed by atoms with Crippen LogP contribution in [0.2, 0.25) is 0 Å². The zero-order chi connectivity index (χ0) is 6.53. The van der Waals surface area contributed by atoms with E-state index in [0.29, 0.717) is 0 Å². The Bertz CT molecular complexity index is 110. The fraction of sp³-hybridized carbons (Fsp3) is 0.800. The van der Waals surface area contributed by atoms with Gasteiger partial charge >= 0.3 is 0 Å². The Balaban J connectivity index is 2.28. The minimum Gasteiger partial charge on any atom is -0.357 e. The molecular formula is C5H12N4. The predicted molar refractivity (Wildman–Crippen MR) is 37.1 cm³/mol. The van der Waals surface area contributed by atoms with E-state index < -0.39 is 0 Å². The lowest BCUT2D eigenvalue weighted by Gasteiger charge is -2.15. The first-order valence-electron chi connectivity index (χ1n) is 3.16. The third-order valence-electron chi connectivity index (χ3n) is 1.07. The van der Waals surface area contributed by atoms with Crippen molar-refractivity contribution < 1.29 is 0 Å². The molecule has 0 aromatic heterocycles. The van der Waals surface area contributed by atoms with Crippen molar-refractivity contribution in [2.45, 2.75) is 6.92 Å². The molecule has 0 atom stereocenters. The molecule has 4 heteroatoms. The van der Waals surface area contributed by atoms with E-state index in [1.54, 1.807) is 0 Å². The number of hydrogen-bond donors (Lipinski definition) is 3. The highest BCUT2D eigenvalue weighted by molar-refractivity contribution is 5.80. The molecule has 3 N–H and O–H groups in total. The van der Waals surface area contributed by atoms with Gasteiger partial charge in [0.25, 0.3) is 0 Å². The number of rotatable bonds is 1. The Kier molecular flexibility index (Phi) is 2.32. The van der Waals surface area contributed by atoms with E-state index >= 15 is 0 Å². The fourth-order valence-corrected chi connectivity index (χ4v) is 0.679. The predicted octanol–water partition coefficient (Wildman–Crippen LogP) is -0.940. The molecule has 0 aliphatic carbocycles. The average molecular weight is 128 g/mol. The highest BCUT2D eigenvalue weighted by atomic mass is 15.3. The van der Waals surface area contributed by atoms with E-state index in [9.17, 15) is 0 Å². The van der Waals surface area contributed by atoms with Gasteiger partial charge in [0.2, 0.25) is 0 Å². The average Bonchev–Trinajstić information content (AvgIpc) is 1.91. The van der Waals surface area contributed by atoms with E-state index in [4.69, 9.17) is 0 Å². The largest absolute Gasteiger partial charge is 0.357 e. The Labute approximate surface area is 54.7 Å². The summed E-state index contributed by atoms with van der Waals surface area (Å²) in [6.07, 6.45) is 0. The highest BCUT2D eigenvalue weighted by Crippen LogP contribution is 1.73. The van der Waals surface area contributed by atoms with E-state index in [0.717, 1.165) is 25.8 Å². The van der Waals surface area contributed by atoms with E-state index in [2.05, 4.69) is 20.9 Å². The second-order valence-corrected chi connectivity index (χ2v) is 1.80. The second kappa shape index (κ2) is 3.29. The molecule has 0 saturated heterocycles. The van der Waals surface area contributed by atoms with Crippen LogP contribution in [0.5, 0.6) is 0 Å². The molecule has 9 heavy (non-hydrogen) atoms. The standard InChI is InChI=1S/C5H12N4/c1-2-7-5-8-3-6-4-9-5/h6H,2-4H2,1H3,(H2,7,8,9). The molecule has 0 aromatic rings. The molecule has 0 bridgehead atoms. The van der Waals surface area contributed by atoms with E-state index in [1.807, 2.05) is 6.92 Å². The van der Waals surface area contributed by atoms with Crippen LogP contribution < -0.4 is 16.0 Å². The summed E-state index contributed by atoms with van der Waals surface area (Å²) in [5.74, 6) is 0.899. The van der Waals surface area contributed by atoms with Crippen LogP contribution in [0.15, 0.2) is 4.99 Å². The van der Waals surface area contributed by atoms with Crippen LogP contribution in [-0.2, 0) is 0 Å². The maximum Gasteiger partial charge on any atom is 0.193 e. The van der Waals surface area contributed by atoms with Gasteiger partial charge in [-0.25, -0.2) is 4.99 Å². The summed E-state index contributed by atoms with van der Waals surface area (Å²) in [5, 5.41) is 9.17. The van der Waals surface area contributed by atoms with Gasteiger partial charge in [0.15, 0.2) is 5.96 Å². The lowest BCUT2D eigenvalue weighted by molar-refractivity contribution is 0.627. The molecule has 1 aliphatic rings. The summed E-state index contributed by atoms with van der Waals surface area (Å²) in [7, 11) is 0. The molecule has 0 saturated carbocycles. The quantitative estimate of drug-likeness (QED) is 0.427. The smallest absolute Gasteiger partial charge is 0.193 e. The van der Waals surface area contributed by atoms with Crippen molar-refractivity contribution in [2.75, 3.05) is 19.9 Å². The molecule has 0 fully saturated rings. The molecule has 0 aromatic carbocycles. The number of nitrogens with one attached hydrogen (secondary N) is 3. The maximum absolute atomic E-state index is 4.10. The Hall–Kier alpha value is -0.770. The molecule has 0 amide bonds. The summed E-state index contributed by atoms with van der Waals surface area (Å²) >= 11 is 0. The van der Waals surface area contributed by atoms with Gasteiger partial charge in [0.1, 0.15) is 0 Å². The van der Waals surface area contributed by atoms with Crippen molar-refractivity contribution in [2.24, 2.45) is 4.99 Å².